The molecule has 0 aliphatic rings. The first-order valence-corrected chi connectivity index (χ1v) is 12.0. The van der Waals surface area contributed by atoms with Crippen molar-refractivity contribution in [2.24, 2.45) is 17.8 Å². The fraction of sp³-hybridized carbons (Fsp3) is 0.667. The van der Waals surface area contributed by atoms with Gasteiger partial charge in [0.25, 0.3) is 8.32 Å². The van der Waals surface area contributed by atoms with Gasteiger partial charge in [0.1, 0.15) is 5.75 Å². The predicted molar refractivity (Wildman–Crippen MR) is 107 cm³/mol. The van der Waals surface area contributed by atoms with Gasteiger partial charge in [-0.2, -0.15) is 0 Å². The number of benzene rings is 1. The number of hydrogen-bond acceptors (Lipinski definition) is 1. The molecule has 0 aromatic heterocycles. The normalized spacial score (nSPS) is 12.5. The Morgan fingerprint density at radius 1 is 0.783 bits per heavy atom. The molecule has 0 spiro atoms. The number of rotatable bonds is 8. The Labute approximate surface area is 157 Å². The summed E-state index contributed by atoms with van der Waals surface area (Å²) in [5.41, 5.74) is 0. The third-order valence-electron chi connectivity index (χ3n) is 3.62. The molecule has 5 heteroatoms. The Morgan fingerprint density at radius 2 is 1.13 bits per heavy atom. The first kappa shape index (κ1) is 21.2. The molecule has 1 nitrogen and oxygen atoms in total. The molecule has 0 saturated heterocycles. The molecule has 0 atom stereocenters. The topological polar surface area (TPSA) is 9.23 Å². The fourth-order valence-electron chi connectivity index (χ4n) is 3.45. The van der Waals surface area contributed by atoms with E-state index in [2.05, 4.69) is 41.5 Å². The van der Waals surface area contributed by atoms with E-state index in [1.54, 1.807) is 12.1 Å². The van der Waals surface area contributed by atoms with Gasteiger partial charge in [0, 0.05) is 5.02 Å². The van der Waals surface area contributed by atoms with Gasteiger partial charge in [0.2, 0.25) is 0 Å². The van der Waals surface area contributed by atoms with Crippen molar-refractivity contribution in [1.82, 2.24) is 0 Å². The van der Waals surface area contributed by atoms with Crippen molar-refractivity contribution in [3.05, 3.63) is 27.2 Å². The number of halogens is 3. The molecule has 0 bridgehead atoms. The van der Waals surface area contributed by atoms with Crippen LogP contribution in [0.5, 0.6) is 5.75 Å². The summed E-state index contributed by atoms with van der Waals surface area (Å²) in [6.45, 7) is 13.6. The van der Waals surface area contributed by atoms with E-state index in [0.717, 1.165) is 18.1 Å². The second-order valence-corrected chi connectivity index (χ2v) is 12.8. The van der Waals surface area contributed by atoms with E-state index in [1.165, 1.54) is 0 Å². The summed E-state index contributed by atoms with van der Waals surface area (Å²) < 4.78 is 6.67. The Morgan fingerprint density at radius 3 is 1.43 bits per heavy atom. The average Bonchev–Trinajstić information content (AvgIpc) is 2.30. The van der Waals surface area contributed by atoms with Crippen molar-refractivity contribution in [3.63, 3.8) is 0 Å². The van der Waals surface area contributed by atoms with Crippen molar-refractivity contribution >= 4 is 43.1 Å². The molecule has 0 aliphatic heterocycles. The summed E-state index contributed by atoms with van der Waals surface area (Å²) in [4.78, 5) is 0. The largest absolute Gasteiger partial charge is 0.541 e. The molecule has 0 N–H and O–H groups in total. The summed E-state index contributed by atoms with van der Waals surface area (Å²) in [5.74, 6) is 2.38. The summed E-state index contributed by atoms with van der Waals surface area (Å²) in [6, 6.07) is 6.75. The Kier molecular flexibility index (Phi) is 8.26. The van der Waals surface area contributed by atoms with Crippen LogP contribution < -0.4 is 4.43 Å². The van der Waals surface area contributed by atoms with E-state index < -0.39 is 8.32 Å². The van der Waals surface area contributed by atoms with Crippen molar-refractivity contribution in [3.8, 4) is 5.75 Å². The van der Waals surface area contributed by atoms with Crippen LogP contribution in [0.25, 0.3) is 0 Å². The minimum Gasteiger partial charge on any atom is -0.541 e. The van der Waals surface area contributed by atoms with Crippen molar-refractivity contribution < 1.29 is 4.43 Å². The summed E-state index contributed by atoms with van der Waals surface area (Å²) in [6.07, 6.45) is 0. The maximum absolute atomic E-state index is 6.67. The van der Waals surface area contributed by atoms with Crippen LogP contribution in [0.15, 0.2) is 12.1 Å². The van der Waals surface area contributed by atoms with Gasteiger partial charge in [-0.3, -0.25) is 0 Å². The molecule has 1 aromatic rings. The maximum Gasteiger partial charge on any atom is 0.252 e. The zero-order valence-electron chi connectivity index (χ0n) is 15.1. The van der Waals surface area contributed by atoms with Crippen LogP contribution in [0.2, 0.25) is 33.2 Å². The molecule has 0 unspecified atom stereocenters. The Bertz CT molecular complexity index is 465. The lowest BCUT2D eigenvalue weighted by Gasteiger charge is -2.37. The van der Waals surface area contributed by atoms with Gasteiger partial charge >= 0.3 is 0 Å². The zero-order chi connectivity index (χ0) is 17.8. The van der Waals surface area contributed by atoms with Gasteiger partial charge < -0.3 is 4.43 Å². The van der Waals surface area contributed by atoms with E-state index in [1.807, 2.05) is 0 Å². The van der Waals surface area contributed by atoms with Crippen molar-refractivity contribution in [1.29, 1.82) is 0 Å². The highest BCUT2D eigenvalue weighted by Crippen LogP contribution is 2.41. The molecule has 1 rings (SSSR count). The molecule has 132 valence electrons. The molecule has 0 amide bonds. The predicted octanol–water partition coefficient (Wildman–Crippen LogP) is 7.94. The van der Waals surface area contributed by atoms with Crippen molar-refractivity contribution in [2.45, 2.75) is 59.7 Å². The van der Waals surface area contributed by atoms with Gasteiger partial charge in [0.15, 0.2) is 0 Å². The van der Waals surface area contributed by atoms with Crippen LogP contribution in [0.4, 0.5) is 0 Å². The van der Waals surface area contributed by atoms with Gasteiger partial charge in [-0.05, 0) is 48.0 Å². The highest BCUT2D eigenvalue weighted by atomic mass is 35.5. The lowest BCUT2D eigenvalue weighted by Crippen LogP contribution is -2.45. The van der Waals surface area contributed by atoms with Crippen LogP contribution in [0.3, 0.4) is 0 Å². The number of hydrogen-bond donors (Lipinski definition) is 0. The fourth-order valence-corrected chi connectivity index (χ4v) is 10.3. The quantitative estimate of drug-likeness (QED) is 0.406. The molecular weight excluding hydrogens is 367 g/mol. The Hall–Kier alpha value is 0.107. The molecule has 1 aromatic carbocycles. The summed E-state index contributed by atoms with van der Waals surface area (Å²) in [5, 5.41) is 1.56. The summed E-state index contributed by atoms with van der Waals surface area (Å²) >= 11 is 18.8. The average molecular weight is 396 g/mol. The smallest absolute Gasteiger partial charge is 0.252 e. The lowest BCUT2D eigenvalue weighted by molar-refractivity contribution is 0.474. The highest BCUT2D eigenvalue weighted by molar-refractivity contribution is 6.74. The molecule has 0 fully saturated rings. The molecule has 0 saturated carbocycles. The van der Waals surface area contributed by atoms with Crippen LogP contribution in [-0.2, 0) is 0 Å². The monoisotopic (exact) mass is 394 g/mol. The maximum atomic E-state index is 6.67. The minimum absolute atomic E-state index is 0.510. The van der Waals surface area contributed by atoms with E-state index in [4.69, 9.17) is 39.2 Å². The van der Waals surface area contributed by atoms with E-state index in [0.29, 0.717) is 38.6 Å². The second kappa shape index (κ2) is 8.99. The molecule has 0 heterocycles. The van der Waals surface area contributed by atoms with Gasteiger partial charge in [0.05, 0.1) is 10.0 Å². The third-order valence-corrected chi connectivity index (χ3v) is 9.72. The van der Waals surface area contributed by atoms with E-state index in [9.17, 15) is 0 Å². The first-order chi connectivity index (χ1) is 10.5. The second-order valence-electron chi connectivity index (χ2n) is 7.78. The van der Waals surface area contributed by atoms with Crippen molar-refractivity contribution in [2.75, 3.05) is 0 Å². The summed E-state index contributed by atoms with van der Waals surface area (Å²) in [7, 11) is -2.02. The molecule has 0 aliphatic carbocycles. The van der Waals surface area contributed by atoms with Crippen LogP contribution in [-0.4, -0.2) is 8.32 Å². The van der Waals surface area contributed by atoms with E-state index >= 15 is 0 Å². The van der Waals surface area contributed by atoms with Gasteiger partial charge in [-0.1, -0.05) is 76.3 Å². The Balaban J connectivity index is 3.27. The molecular formula is C18H29Cl3OSi. The van der Waals surface area contributed by atoms with Crippen LogP contribution in [0, 0.1) is 17.8 Å². The van der Waals surface area contributed by atoms with Gasteiger partial charge in [-0.25, -0.2) is 0 Å². The van der Waals surface area contributed by atoms with Crippen LogP contribution >= 0.6 is 34.8 Å². The molecule has 0 radical (unpaired) electrons. The van der Waals surface area contributed by atoms with E-state index in [-0.39, 0.29) is 0 Å². The third kappa shape index (κ3) is 6.86. The molecule has 23 heavy (non-hydrogen) atoms. The SMILES string of the molecule is CC(C)C[Si](CC(C)C)(CC(C)C)Oc1c(Cl)cc(Cl)cc1Cl. The lowest BCUT2D eigenvalue weighted by atomic mass is 10.2. The standard InChI is InChI=1S/C18H29Cl3OSi/c1-12(2)9-23(10-13(3)4,11-14(5)6)22-18-16(20)7-15(19)8-17(18)21/h7-8,12-14H,9-11H2,1-6H3. The minimum atomic E-state index is -2.02. The van der Waals surface area contributed by atoms with Gasteiger partial charge in [-0.15, -0.1) is 0 Å². The first-order valence-electron chi connectivity index (χ1n) is 8.38. The zero-order valence-corrected chi connectivity index (χ0v) is 18.3. The van der Waals surface area contributed by atoms with Crippen LogP contribution in [0.1, 0.15) is 41.5 Å². The highest BCUT2D eigenvalue weighted by Gasteiger charge is 2.40.